The molecule has 0 spiro atoms. The van der Waals surface area contributed by atoms with Gasteiger partial charge in [-0.25, -0.2) is 4.39 Å². The minimum Gasteiger partial charge on any atom is -0.325 e. The van der Waals surface area contributed by atoms with E-state index in [4.69, 9.17) is 11.0 Å². The molecule has 1 heterocycles. The molecule has 2 unspecified atom stereocenters. The van der Waals surface area contributed by atoms with E-state index >= 15 is 0 Å². The maximum Gasteiger partial charge on any atom is 0.241 e. The quantitative estimate of drug-likeness (QED) is 0.842. The first-order chi connectivity index (χ1) is 9.95. The number of hydrogen-bond donors (Lipinski definition) is 1. The summed E-state index contributed by atoms with van der Waals surface area (Å²) in [4.78, 5) is 14.2. The third-order valence-corrected chi connectivity index (χ3v) is 6.41. The van der Waals surface area contributed by atoms with Crippen molar-refractivity contribution in [3.05, 3.63) is 0 Å². The van der Waals surface area contributed by atoms with Gasteiger partial charge in [-0.3, -0.25) is 4.79 Å². The Bertz CT molecular complexity index is 514. The lowest BCUT2D eigenvalue weighted by molar-refractivity contribution is -0.159. The monoisotopic (exact) mass is 291 g/mol. The highest BCUT2D eigenvalue weighted by atomic mass is 19.1. The number of nitrogens with two attached hydrogens (primary N) is 1. The molecular formula is C16H22FN3O. The van der Waals surface area contributed by atoms with E-state index in [1.54, 1.807) is 4.90 Å². The van der Waals surface area contributed by atoms with Crippen LogP contribution in [0.4, 0.5) is 4.39 Å². The largest absolute Gasteiger partial charge is 0.325 e. The summed E-state index contributed by atoms with van der Waals surface area (Å²) < 4.78 is 15.0. The van der Waals surface area contributed by atoms with Crippen molar-refractivity contribution in [1.82, 2.24) is 4.90 Å². The highest BCUT2D eigenvalue weighted by Crippen LogP contribution is 2.64. The van der Waals surface area contributed by atoms with Gasteiger partial charge in [0.25, 0.3) is 0 Å². The fourth-order valence-electron chi connectivity index (χ4n) is 5.81. The van der Waals surface area contributed by atoms with Crippen LogP contribution in [0.2, 0.25) is 0 Å². The molecule has 1 amide bonds. The van der Waals surface area contributed by atoms with Gasteiger partial charge < -0.3 is 10.6 Å². The van der Waals surface area contributed by atoms with Crippen LogP contribution in [0.1, 0.15) is 44.9 Å². The van der Waals surface area contributed by atoms with Crippen molar-refractivity contribution in [3.8, 4) is 6.07 Å². The molecule has 21 heavy (non-hydrogen) atoms. The molecule has 0 aromatic rings. The summed E-state index contributed by atoms with van der Waals surface area (Å²) in [5.74, 6) is 0.676. The summed E-state index contributed by atoms with van der Waals surface area (Å²) in [5.41, 5.74) is 4.89. The minimum absolute atomic E-state index is 0.127. The highest BCUT2D eigenvalue weighted by molar-refractivity contribution is 5.84. The Labute approximate surface area is 124 Å². The van der Waals surface area contributed by atoms with Crippen LogP contribution in [0.15, 0.2) is 0 Å². The molecule has 4 nitrogen and oxygen atoms in total. The van der Waals surface area contributed by atoms with Gasteiger partial charge in [0.2, 0.25) is 5.91 Å². The van der Waals surface area contributed by atoms with Gasteiger partial charge in [-0.05, 0) is 62.2 Å². The minimum atomic E-state index is -1.09. The molecule has 5 rings (SSSR count). The lowest BCUT2D eigenvalue weighted by atomic mass is 9.46. The molecule has 0 aromatic carbocycles. The van der Waals surface area contributed by atoms with Gasteiger partial charge in [0.15, 0.2) is 0 Å². The van der Waals surface area contributed by atoms with Gasteiger partial charge in [0.05, 0.1) is 12.1 Å². The Hall–Kier alpha value is -1.15. The average molecular weight is 291 g/mol. The number of halogens is 1. The zero-order valence-electron chi connectivity index (χ0n) is 12.2. The number of carbonyl (C=O) groups is 1. The summed E-state index contributed by atoms with van der Waals surface area (Å²) in [6.45, 7) is 0.620. The van der Waals surface area contributed by atoms with E-state index in [2.05, 4.69) is 6.07 Å². The molecular weight excluding hydrogens is 269 g/mol. The van der Waals surface area contributed by atoms with E-state index in [0.29, 0.717) is 37.6 Å². The summed E-state index contributed by atoms with van der Waals surface area (Å²) >= 11 is 0. The second-order valence-electron chi connectivity index (χ2n) is 7.92. The first-order valence-electron chi connectivity index (χ1n) is 8.09. The molecule has 4 aliphatic carbocycles. The maximum atomic E-state index is 15.0. The predicted molar refractivity (Wildman–Crippen MR) is 74.7 cm³/mol. The number of hydrogen-bond acceptors (Lipinski definition) is 3. The van der Waals surface area contributed by atoms with Crippen molar-refractivity contribution in [2.75, 3.05) is 6.54 Å². The number of alkyl halides is 1. The molecule has 114 valence electrons. The topological polar surface area (TPSA) is 70.1 Å². The van der Waals surface area contributed by atoms with Crippen molar-refractivity contribution in [2.24, 2.45) is 23.0 Å². The van der Waals surface area contributed by atoms with Crippen LogP contribution in [0.5, 0.6) is 0 Å². The molecule has 4 bridgehead atoms. The molecule has 4 atom stereocenters. The van der Waals surface area contributed by atoms with Crippen molar-refractivity contribution in [3.63, 3.8) is 0 Å². The van der Waals surface area contributed by atoms with Crippen LogP contribution in [-0.4, -0.2) is 35.1 Å². The molecule has 0 radical (unpaired) electrons. The zero-order chi connectivity index (χ0) is 14.8. The predicted octanol–water partition coefficient (Wildman–Crippen LogP) is 1.75. The Morgan fingerprint density at radius 2 is 2.00 bits per heavy atom. The smallest absolute Gasteiger partial charge is 0.241 e. The molecule has 1 aliphatic heterocycles. The molecule has 5 aliphatic rings. The van der Waals surface area contributed by atoms with Gasteiger partial charge in [-0.15, -0.1) is 0 Å². The van der Waals surface area contributed by atoms with Gasteiger partial charge in [-0.1, -0.05) is 0 Å². The summed E-state index contributed by atoms with van der Waals surface area (Å²) in [7, 11) is 0. The zero-order valence-corrected chi connectivity index (χ0v) is 12.2. The number of amides is 1. The van der Waals surface area contributed by atoms with Gasteiger partial charge in [0, 0.05) is 6.54 Å². The second-order valence-corrected chi connectivity index (χ2v) is 7.92. The van der Waals surface area contributed by atoms with Crippen molar-refractivity contribution < 1.29 is 9.18 Å². The third kappa shape index (κ3) is 1.85. The highest BCUT2D eigenvalue weighted by Gasteiger charge is 2.61. The molecule has 4 saturated carbocycles. The van der Waals surface area contributed by atoms with Crippen LogP contribution < -0.4 is 5.73 Å². The number of rotatable bonds is 2. The van der Waals surface area contributed by atoms with Crippen molar-refractivity contribution >= 4 is 5.91 Å². The standard InChI is InChI=1S/C16H22FN3O/c17-16-6-10-3-11(7-16)5-15(4-10,9-16)13(19)14(21)20-2-1-12(20)8-18/h10-13H,1-7,9,19H2/t10?,11?,12-,13+,15?,16?/m0/s1. The second kappa shape index (κ2) is 4.19. The molecule has 0 aromatic heterocycles. The van der Waals surface area contributed by atoms with Crippen LogP contribution in [-0.2, 0) is 4.79 Å². The molecule has 5 fully saturated rings. The molecule has 5 heteroatoms. The van der Waals surface area contributed by atoms with E-state index in [9.17, 15) is 9.18 Å². The number of carbonyl (C=O) groups excluding carboxylic acids is 1. The van der Waals surface area contributed by atoms with Crippen LogP contribution >= 0.6 is 0 Å². The molecule has 1 saturated heterocycles. The number of nitriles is 1. The summed E-state index contributed by atoms with van der Waals surface area (Å²) in [6.07, 6.45) is 5.41. The van der Waals surface area contributed by atoms with E-state index in [1.807, 2.05) is 0 Å². The number of nitrogens with zero attached hydrogens (tertiary/aromatic N) is 2. The third-order valence-electron chi connectivity index (χ3n) is 6.41. The fraction of sp³-hybridized carbons (Fsp3) is 0.875. The lowest BCUT2D eigenvalue weighted by Crippen LogP contribution is -2.65. The first-order valence-corrected chi connectivity index (χ1v) is 8.09. The normalized spacial score (nSPS) is 48.6. The van der Waals surface area contributed by atoms with Crippen LogP contribution in [0.3, 0.4) is 0 Å². The van der Waals surface area contributed by atoms with E-state index in [-0.39, 0.29) is 17.4 Å². The Kier molecular flexibility index (Phi) is 2.70. The van der Waals surface area contributed by atoms with E-state index in [0.717, 1.165) is 25.7 Å². The Balaban J connectivity index is 1.58. The number of likely N-dealkylation sites (tertiary alicyclic amines) is 1. The van der Waals surface area contributed by atoms with Crippen LogP contribution in [0.25, 0.3) is 0 Å². The van der Waals surface area contributed by atoms with Gasteiger partial charge in [-0.2, -0.15) is 5.26 Å². The SMILES string of the molecule is N#C[C@@H]1CCN1C(=O)[C@@H](N)C12CC3CC(CC(F)(C3)C1)C2. The average Bonchev–Trinajstić information content (AvgIpc) is 2.34. The first kappa shape index (κ1) is 13.5. The Morgan fingerprint density at radius 3 is 2.48 bits per heavy atom. The van der Waals surface area contributed by atoms with Gasteiger partial charge >= 0.3 is 0 Å². The van der Waals surface area contributed by atoms with Crippen molar-refractivity contribution in [1.29, 1.82) is 5.26 Å². The Morgan fingerprint density at radius 1 is 1.33 bits per heavy atom. The maximum absolute atomic E-state index is 15.0. The molecule has 2 N–H and O–H groups in total. The summed E-state index contributed by atoms with van der Waals surface area (Å²) in [6, 6.07) is 1.19. The van der Waals surface area contributed by atoms with E-state index in [1.165, 1.54) is 0 Å². The fourth-order valence-corrected chi connectivity index (χ4v) is 5.81. The lowest BCUT2D eigenvalue weighted by Gasteiger charge is -2.61. The van der Waals surface area contributed by atoms with Crippen LogP contribution in [0, 0.1) is 28.6 Å². The van der Waals surface area contributed by atoms with Gasteiger partial charge in [0.1, 0.15) is 11.7 Å². The van der Waals surface area contributed by atoms with E-state index < -0.39 is 11.7 Å². The summed E-state index contributed by atoms with van der Waals surface area (Å²) in [5, 5.41) is 9.02. The van der Waals surface area contributed by atoms with Crippen molar-refractivity contribution in [2.45, 2.75) is 62.7 Å².